The van der Waals surface area contributed by atoms with Gasteiger partial charge in [0.2, 0.25) is 0 Å². The number of aliphatic hydroxyl groups is 1. The van der Waals surface area contributed by atoms with Gasteiger partial charge in [-0.05, 0) is 73.1 Å². The minimum Gasteiger partial charge on any atom is -0.387 e. The Labute approximate surface area is 203 Å². The lowest BCUT2D eigenvalue weighted by Crippen LogP contribution is -2.66. The van der Waals surface area contributed by atoms with Gasteiger partial charge in [-0.3, -0.25) is 0 Å². The molecule has 4 saturated carbocycles. The summed E-state index contributed by atoms with van der Waals surface area (Å²) in [7, 11) is 0. The van der Waals surface area contributed by atoms with Crippen LogP contribution in [0.15, 0.2) is 48.5 Å². The summed E-state index contributed by atoms with van der Waals surface area (Å²) in [5, 5.41) is 11.4. The van der Waals surface area contributed by atoms with E-state index in [0.717, 1.165) is 24.2 Å². The van der Waals surface area contributed by atoms with Crippen LogP contribution < -0.4 is 0 Å². The van der Waals surface area contributed by atoms with E-state index in [2.05, 4.69) is 66.9 Å². The van der Waals surface area contributed by atoms with Crippen LogP contribution in [0.25, 0.3) is 22.2 Å². The summed E-state index contributed by atoms with van der Waals surface area (Å²) in [6, 6.07) is 17.7. The van der Waals surface area contributed by atoms with E-state index in [9.17, 15) is 5.11 Å². The number of fused-ring (bicyclic) bond motifs is 3. The van der Waals surface area contributed by atoms with Crippen molar-refractivity contribution in [2.75, 3.05) is 0 Å². The summed E-state index contributed by atoms with van der Waals surface area (Å²) >= 11 is 0. The molecule has 0 spiro atoms. The smallest absolute Gasteiger partial charge is 0.136 e. The second kappa shape index (κ2) is 8.20. The second-order valence-electron chi connectivity index (χ2n) is 11.8. The SMILES string of the molecule is CC1(C)[C@H]2C[C@H](OCc3nc4cc(-c5ccccc5)ccc4n3C3CCCCC3)[C@](C)(O)[C@@H]1C2. The van der Waals surface area contributed by atoms with Crippen LogP contribution in [0.1, 0.15) is 77.6 Å². The van der Waals surface area contributed by atoms with Crippen molar-refractivity contribution < 1.29 is 9.84 Å². The predicted octanol–water partition coefficient (Wildman–Crippen LogP) is 6.91. The fraction of sp³-hybridized carbons (Fsp3) is 0.567. The van der Waals surface area contributed by atoms with E-state index in [1.54, 1.807) is 0 Å². The molecule has 2 bridgehead atoms. The van der Waals surface area contributed by atoms with Crippen molar-refractivity contribution in [1.82, 2.24) is 9.55 Å². The molecule has 3 aromatic rings. The van der Waals surface area contributed by atoms with Gasteiger partial charge in [-0.2, -0.15) is 0 Å². The molecule has 180 valence electrons. The zero-order valence-corrected chi connectivity index (χ0v) is 20.8. The summed E-state index contributed by atoms with van der Waals surface area (Å²) in [6.07, 6.45) is 8.25. The first-order valence-electron chi connectivity index (χ1n) is 13.3. The van der Waals surface area contributed by atoms with Crippen LogP contribution in [0, 0.1) is 17.3 Å². The first-order valence-corrected chi connectivity index (χ1v) is 13.3. The van der Waals surface area contributed by atoms with Gasteiger partial charge >= 0.3 is 0 Å². The highest BCUT2D eigenvalue weighted by molar-refractivity contribution is 5.82. The molecule has 34 heavy (non-hydrogen) atoms. The highest BCUT2D eigenvalue weighted by Crippen LogP contribution is 2.63. The van der Waals surface area contributed by atoms with Crippen LogP contribution in [-0.4, -0.2) is 26.4 Å². The summed E-state index contributed by atoms with van der Waals surface area (Å²) < 4.78 is 8.98. The Morgan fingerprint density at radius 3 is 2.44 bits per heavy atom. The maximum atomic E-state index is 11.4. The zero-order chi connectivity index (χ0) is 23.5. The van der Waals surface area contributed by atoms with Gasteiger partial charge in [-0.1, -0.05) is 69.5 Å². The van der Waals surface area contributed by atoms with E-state index in [4.69, 9.17) is 9.72 Å². The van der Waals surface area contributed by atoms with Crippen molar-refractivity contribution in [3.05, 3.63) is 54.4 Å². The van der Waals surface area contributed by atoms with E-state index < -0.39 is 5.60 Å². The Kier molecular flexibility index (Phi) is 5.38. The number of imidazole rings is 1. The van der Waals surface area contributed by atoms with E-state index in [1.807, 2.05) is 6.92 Å². The number of hydrogen-bond acceptors (Lipinski definition) is 3. The standard InChI is InChI=1S/C30H38N2O2/c1-29(2)22-17-26(29)30(3,33)27(18-22)34-19-28-31-24-16-21(20-10-6-4-7-11-20)14-15-25(24)32(28)23-12-8-5-9-13-23/h4,6-7,10-11,14-16,22-23,26-27,33H,5,8-9,12-13,17-19H2,1-3H3/t22-,26-,27+,30-/m1/s1. The molecule has 4 fully saturated rings. The topological polar surface area (TPSA) is 47.3 Å². The monoisotopic (exact) mass is 458 g/mol. The fourth-order valence-electron chi connectivity index (χ4n) is 7.35. The van der Waals surface area contributed by atoms with Gasteiger partial charge in [0, 0.05) is 6.04 Å². The van der Waals surface area contributed by atoms with Gasteiger partial charge in [0.05, 0.1) is 22.7 Å². The molecular weight excluding hydrogens is 420 g/mol. The third kappa shape index (κ3) is 3.53. The lowest BCUT2D eigenvalue weighted by Gasteiger charge is -2.64. The van der Waals surface area contributed by atoms with Crippen LogP contribution >= 0.6 is 0 Å². The van der Waals surface area contributed by atoms with Crippen molar-refractivity contribution in [3.8, 4) is 11.1 Å². The van der Waals surface area contributed by atoms with Crippen molar-refractivity contribution in [3.63, 3.8) is 0 Å². The van der Waals surface area contributed by atoms with Gasteiger partial charge in [-0.25, -0.2) is 4.98 Å². The van der Waals surface area contributed by atoms with Crippen LogP contribution in [0.2, 0.25) is 0 Å². The summed E-state index contributed by atoms with van der Waals surface area (Å²) in [4.78, 5) is 5.12. The second-order valence-corrected chi connectivity index (χ2v) is 11.8. The minimum absolute atomic E-state index is 0.122. The molecule has 0 radical (unpaired) electrons. The normalized spacial score (nSPS) is 30.9. The lowest BCUT2D eigenvalue weighted by molar-refractivity contribution is -0.260. The number of rotatable bonds is 5. The molecular formula is C30H38N2O2. The third-order valence-electron chi connectivity index (χ3n) is 9.55. The van der Waals surface area contributed by atoms with Gasteiger partial charge in [0.15, 0.2) is 0 Å². The maximum Gasteiger partial charge on any atom is 0.136 e. The molecule has 0 unspecified atom stereocenters. The Balaban J connectivity index is 1.32. The molecule has 1 aromatic heterocycles. The molecule has 4 atom stereocenters. The van der Waals surface area contributed by atoms with E-state index in [-0.39, 0.29) is 11.5 Å². The highest BCUT2D eigenvalue weighted by Gasteiger charge is 2.63. The third-order valence-corrected chi connectivity index (χ3v) is 9.55. The molecule has 4 aliphatic rings. The van der Waals surface area contributed by atoms with Gasteiger partial charge in [-0.15, -0.1) is 0 Å². The number of ether oxygens (including phenoxy) is 1. The predicted molar refractivity (Wildman–Crippen MR) is 136 cm³/mol. The molecule has 0 saturated heterocycles. The average Bonchev–Trinajstić information content (AvgIpc) is 3.21. The molecule has 1 N–H and O–H groups in total. The molecule has 1 heterocycles. The van der Waals surface area contributed by atoms with E-state index >= 15 is 0 Å². The Morgan fingerprint density at radius 2 is 1.74 bits per heavy atom. The summed E-state index contributed by atoms with van der Waals surface area (Å²) in [6.45, 7) is 7.08. The first kappa shape index (κ1) is 22.3. The van der Waals surface area contributed by atoms with E-state index in [1.165, 1.54) is 48.7 Å². The minimum atomic E-state index is -0.777. The van der Waals surface area contributed by atoms with Gasteiger partial charge in [0.1, 0.15) is 12.4 Å². The molecule has 4 nitrogen and oxygen atoms in total. The molecule has 2 aromatic carbocycles. The molecule has 4 aliphatic carbocycles. The van der Waals surface area contributed by atoms with Crippen LogP contribution in [0.3, 0.4) is 0 Å². The fourth-order valence-corrected chi connectivity index (χ4v) is 7.35. The number of nitrogens with zero attached hydrogens (tertiary/aromatic N) is 2. The maximum absolute atomic E-state index is 11.4. The molecule has 0 aliphatic heterocycles. The zero-order valence-electron chi connectivity index (χ0n) is 20.8. The molecule has 7 rings (SSSR count). The number of hydrogen-bond donors (Lipinski definition) is 1. The van der Waals surface area contributed by atoms with Gasteiger partial charge < -0.3 is 14.4 Å². The van der Waals surface area contributed by atoms with E-state index in [0.29, 0.717) is 24.5 Å². The molecule has 4 heteroatoms. The quantitative estimate of drug-likeness (QED) is 0.452. The lowest BCUT2D eigenvalue weighted by atomic mass is 9.43. The Morgan fingerprint density at radius 1 is 0.971 bits per heavy atom. The summed E-state index contributed by atoms with van der Waals surface area (Å²) in [5.74, 6) is 1.98. The van der Waals surface area contributed by atoms with Crippen molar-refractivity contribution in [2.24, 2.45) is 17.3 Å². The number of aromatic nitrogens is 2. The number of benzene rings is 2. The largest absolute Gasteiger partial charge is 0.387 e. The Hall–Kier alpha value is -2.17. The van der Waals surface area contributed by atoms with Crippen molar-refractivity contribution in [2.45, 2.75) is 90.1 Å². The Bertz CT molecular complexity index is 1170. The van der Waals surface area contributed by atoms with Crippen molar-refractivity contribution >= 4 is 11.0 Å². The first-order chi connectivity index (χ1) is 16.4. The van der Waals surface area contributed by atoms with Crippen LogP contribution in [-0.2, 0) is 11.3 Å². The molecule has 0 amide bonds. The van der Waals surface area contributed by atoms with Crippen LogP contribution in [0.5, 0.6) is 0 Å². The van der Waals surface area contributed by atoms with Crippen molar-refractivity contribution in [1.29, 1.82) is 0 Å². The average molecular weight is 459 g/mol. The van der Waals surface area contributed by atoms with Gasteiger partial charge in [0.25, 0.3) is 0 Å². The highest BCUT2D eigenvalue weighted by atomic mass is 16.5. The summed E-state index contributed by atoms with van der Waals surface area (Å²) in [5.41, 5.74) is 4.11. The van der Waals surface area contributed by atoms with Crippen LogP contribution in [0.4, 0.5) is 0 Å².